The number of unbranched alkanes of at least 4 members (excludes halogenated alkanes) is 1. The smallest absolute Gasteiger partial charge is 0.313 e. The summed E-state index contributed by atoms with van der Waals surface area (Å²) in [6.45, 7) is 4.51. The number of aryl methyl sites for hydroxylation is 1. The molecule has 1 aromatic heterocycles. The van der Waals surface area contributed by atoms with Crippen LogP contribution in [0.4, 0.5) is 0 Å². The number of piperazine rings is 1. The summed E-state index contributed by atoms with van der Waals surface area (Å²) < 4.78 is 2.62. The molecule has 1 saturated heterocycles. The van der Waals surface area contributed by atoms with Crippen LogP contribution in [0.25, 0.3) is 10.8 Å². The molecule has 3 aromatic rings. The van der Waals surface area contributed by atoms with Gasteiger partial charge in [0.25, 0.3) is 0 Å². The molecular weight excluding hydrogens is 348 g/mol. The van der Waals surface area contributed by atoms with Crippen LogP contribution in [0.5, 0.6) is 0 Å². The number of imidazole rings is 1. The van der Waals surface area contributed by atoms with E-state index in [-0.39, 0.29) is 12.1 Å². The molecule has 0 saturated carbocycles. The Balaban J connectivity index is 1.62. The van der Waals surface area contributed by atoms with Crippen molar-refractivity contribution in [1.82, 2.24) is 14.9 Å². The number of carbonyl (C=O) groups excluding carboxylic acids is 1. The quantitative estimate of drug-likeness (QED) is 0.689. The molecule has 0 radical (unpaired) electrons. The van der Waals surface area contributed by atoms with Crippen molar-refractivity contribution in [3.63, 3.8) is 0 Å². The average molecular weight is 378 g/mol. The molecule has 2 heterocycles. The van der Waals surface area contributed by atoms with Gasteiger partial charge in [0, 0.05) is 25.4 Å². The number of carbonyl (C=O) groups is 1. The standard InChI is InChI=1S/C23H29N4O/c1-3-4-12-21-24-13-15-26(21)22-17-27(2,16-14-25-22)23(28)20-11-7-9-18-8-5-6-10-19(18)20/h5-11,13,15,22,25H,3-4,12,14,16-17H2,1-2H3/q+1/t22-,27?/m1/s1. The lowest BCUT2D eigenvalue weighted by atomic mass is 10.0. The maximum absolute atomic E-state index is 13.6. The van der Waals surface area contributed by atoms with E-state index in [9.17, 15) is 4.79 Å². The third kappa shape index (κ3) is 3.48. The SMILES string of the molecule is CCCCc1nccn1[C@@H]1C[N+](C)(C(=O)c2cccc3ccccc23)CCN1. The summed E-state index contributed by atoms with van der Waals surface area (Å²) in [5, 5.41) is 5.74. The van der Waals surface area contributed by atoms with Crippen LogP contribution in [0, 0.1) is 0 Å². The van der Waals surface area contributed by atoms with Gasteiger partial charge in [0.15, 0.2) is 0 Å². The number of quaternary nitrogens is 1. The van der Waals surface area contributed by atoms with Gasteiger partial charge in [-0.1, -0.05) is 49.7 Å². The second-order valence-electron chi connectivity index (χ2n) is 7.96. The molecule has 2 aromatic carbocycles. The fourth-order valence-corrected chi connectivity index (χ4v) is 4.25. The first-order chi connectivity index (χ1) is 13.6. The lowest BCUT2D eigenvalue weighted by molar-refractivity contribution is -0.836. The molecule has 4 rings (SSSR count). The summed E-state index contributed by atoms with van der Waals surface area (Å²) in [5.41, 5.74) is 0.818. The maximum atomic E-state index is 13.6. The number of rotatable bonds is 5. The summed E-state index contributed by atoms with van der Waals surface area (Å²) >= 11 is 0. The van der Waals surface area contributed by atoms with Crippen molar-refractivity contribution in [3.05, 3.63) is 66.2 Å². The van der Waals surface area contributed by atoms with Crippen LogP contribution in [0.2, 0.25) is 0 Å². The number of nitrogens with zero attached hydrogens (tertiary/aromatic N) is 3. The number of aromatic nitrogens is 2. The van der Waals surface area contributed by atoms with Gasteiger partial charge in [0.2, 0.25) is 0 Å². The van der Waals surface area contributed by atoms with Crippen molar-refractivity contribution < 1.29 is 9.28 Å². The van der Waals surface area contributed by atoms with Crippen LogP contribution < -0.4 is 5.32 Å². The normalized spacial score (nSPS) is 22.4. The van der Waals surface area contributed by atoms with Crippen molar-refractivity contribution in [1.29, 1.82) is 0 Å². The number of benzene rings is 2. The van der Waals surface area contributed by atoms with Crippen molar-refractivity contribution in [2.24, 2.45) is 0 Å². The van der Waals surface area contributed by atoms with E-state index in [2.05, 4.69) is 41.0 Å². The minimum absolute atomic E-state index is 0.0898. The Kier molecular flexibility index (Phi) is 5.29. The van der Waals surface area contributed by atoms with Crippen molar-refractivity contribution in [2.75, 3.05) is 26.7 Å². The lowest BCUT2D eigenvalue weighted by Gasteiger charge is -2.40. The highest BCUT2D eigenvalue weighted by atomic mass is 16.2. The Labute approximate surface area is 166 Å². The fraction of sp³-hybridized carbons (Fsp3) is 0.391. The largest absolute Gasteiger partial charge is 0.346 e. The van der Waals surface area contributed by atoms with E-state index >= 15 is 0 Å². The summed E-state index contributed by atoms with van der Waals surface area (Å²) in [7, 11) is 2.07. The van der Waals surface area contributed by atoms with E-state index in [1.54, 1.807) is 0 Å². The van der Waals surface area contributed by atoms with Crippen LogP contribution in [-0.4, -0.2) is 46.6 Å². The van der Waals surface area contributed by atoms with E-state index in [4.69, 9.17) is 0 Å². The van der Waals surface area contributed by atoms with Crippen LogP contribution >= 0.6 is 0 Å². The van der Waals surface area contributed by atoms with Gasteiger partial charge in [0.05, 0.1) is 19.2 Å². The van der Waals surface area contributed by atoms with Gasteiger partial charge < -0.3 is 4.57 Å². The van der Waals surface area contributed by atoms with Crippen LogP contribution in [0.15, 0.2) is 54.9 Å². The Morgan fingerprint density at radius 1 is 1.25 bits per heavy atom. The zero-order valence-corrected chi connectivity index (χ0v) is 16.8. The molecule has 5 nitrogen and oxygen atoms in total. The molecule has 1 N–H and O–H groups in total. The molecule has 146 valence electrons. The van der Waals surface area contributed by atoms with E-state index in [1.807, 2.05) is 42.7 Å². The van der Waals surface area contributed by atoms with Gasteiger partial charge in [-0.3, -0.25) is 9.80 Å². The van der Waals surface area contributed by atoms with Gasteiger partial charge in [0.1, 0.15) is 18.5 Å². The molecule has 28 heavy (non-hydrogen) atoms. The van der Waals surface area contributed by atoms with E-state index < -0.39 is 0 Å². The van der Waals surface area contributed by atoms with Gasteiger partial charge in [-0.25, -0.2) is 9.78 Å². The third-order valence-corrected chi connectivity index (χ3v) is 5.91. The summed E-state index contributed by atoms with van der Waals surface area (Å²) in [5.74, 6) is 1.30. The highest BCUT2D eigenvalue weighted by molar-refractivity contribution is 6.04. The highest BCUT2D eigenvalue weighted by Gasteiger charge is 2.40. The minimum Gasteiger partial charge on any atom is -0.313 e. The van der Waals surface area contributed by atoms with Crippen molar-refractivity contribution in [2.45, 2.75) is 32.4 Å². The van der Waals surface area contributed by atoms with Crippen molar-refractivity contribution in [3.8, 4) is 0 Å². The average Bonchev–Trinajstić information content (AvgIpc) is 3.20. The van der Waals surface area contributed by atoms with Gasteiger partial charge in [-0.15, -0.1) is 0 Å². The molecular formula is C23H29N4O+. The molecule has 1 amide bonds. The monoisotopic (exact) mass is 377 g/mol. The number of amides is 1. The number of hydrogen-bond acceptors (Lipinski definition) is 3. The van der Waals surface area contributed by atoms with E-state index in [0.717, 1.165) is 61.1 Å². The Hall–Kier alpha value is -2.50. The highest BCUT2D eigenvalue weighted by Crippen LogP contribution is 2.25. The fourth-order valence-electron chi connectivity index (χ4n) is 4.25. The molecule has 1 aliphatic heterocycles. The Bertz CT molecular complexity index is 974. The topological polar surface area (TPSA) is 46.9 Å². The first-order valence-corrected chi connectivity index (χ1v) is 10.2. The summed E-state index contributed by atoms with van der Waals surface area (Å²) in [6.07, 6.45) is 7.26. The zero-order valence-electron chi connectivity index (χ0n) is 16.8. The molecule has 1 fully saturated rings. The first kappa shape index (κ1) is 18.8. The van der Waals surface area contributed by atoms with Gasteiger partial charge in [-0.2, -0.15) is 0 Å². The predicted molar refractivity (Wildman–Crippen MR) is 112 cm³/mol. The zero-order chi connectivity index (χ0) is 19.6. The summed E-state index contributed by atoms with van der Waals surface area (Å²) in [6, 6.07) is 14.2. The van der Waals surface area contributed by atoms with Crippen LogP contribution in [0.3, 0.4) is 0 Å². The van der Waals surface area contributed by atoms with Crippen LogP contribution in [-0.2, 0) is 6.42 Å². The number of likely N-dealkylation sites (N-methyl/N-ethyl adjacent to an activating group) is 1. The minimum atomic E-state index is 0.0898. The molecule has 1 aliphatic rings. The molecule has 1 unspecified atom stereocenters. The molecule has 0 bridgehead atoms. The lowest BCUT2D eigenvalue weighted by Crippen LogP contribution is -2.61. The third-order valence-electron chi connectivity index (χ3n) is 5.91. The second kappa shape index (κ2) is 7.86. The Morgan fingerprint density at radius 3 is 2.93 bits per heavy atom. The summed E-state index contributed by atoms with van der Waals surface area (Å²) in [4.78, 5) is 18.2. The number of fused-ring (bicyclic) bond motifs is 1. The van der Waals surface area contributed by atoms with E-state index in [1.165, 1.54) is 0 Å². The molecule has 2 atom stereocenters. The number of hydrogen-bond donors (Lipinski definition) is 1. The first-order valence-electron chi connectivity index (χ1n) is 10.2. The van der Waals surface area contributed by atoms with Crippen LogP contribution in [0.1, 0.15) is 42.1 Å². The van der Waals surface area contributed by atoms with Gasteiger partial charge in [-0.05, 0) is 23.3 Å². The molecule has 0 aliphatic carbocycles. The Morgan fingerprint density at radius 2 is 2.07 bits per heavy atom. The van der Waals surface area contributed by atoms with Crippen molar-refractivity contribution >= 4 is 16.7 Å². The number of nitrogens with one attached hydrogen (secondary N) is 1. The molecule has 0 spiro atoms. The predicted octanol–water partition coefficient (Wildman–Crippen LogP) is 3.77. The molecule has 5 heteroatoms. The second-order valence-corrected chi connectivity index (χ2v) is 7.96. The maximum Gasteiger partial charge on any atom is 0.346 e. The van der Waals surface area contributed by atoms with E-state index in [0.29, 0.717) is 4.48 Å². The van der Waals surface area contributed by atoms with Gasteiger partial charge >= 0.3 is 5.91 Å².